The van der Waals surface area contributed by atoms with Crippen molar-refractivity contribution in [1.29, 1.82) is 0 Å². The van der Waals surface area contributed by atoms with E-state index in [1.165, 1.54) is 0 Å². The molecule has 0 spiro atoms. The molecule has 4 aromatic carbocycles. The van der Waals surface area contributed by atoms with E-state index in [4.69, 9.17) is 14.5 Å². The van der Waals surface area contributed by atoms with Gasteiger partial charge in [0.25, 0.3) is 0 Å². The highest BCUT2D eigenvalue weighted by molar-refractivity contribution is 5.91. The van der Waals surface area contributed by atoms with Gasteiger partial charge in [-0.1, -0.05) is 41.9 Å². The molecule has 0 fully saturated rings. The molecule has 4 aromatic rings. The van der Waals surface area contributed by atoms with Gasteiger partial charge in [-0.15, -0.1) is 0 Å². The van der Waals surface area contributed by atoms with Crippen molar-refractivity contribution in [2.45, 2.75) is 26.4 Å². The second kappa shape index (κ2) is 12.4. The molecule has 0 aromatic heterocycles. The van der Waals surface area contributed by atoms with E-state index >= 15 is 0 Å². The van der Waals surface area contributed by atoms with E-state index in [0.29, 0.717) is 16.9 Å². The van der Waals surface area contributed by atoms with E-state index in [1.807, 2.05) is 42.5 Å². The monoisotopic (exact) mass is 514 g/mol. The zero-order chi connectivity index (χ0) is 27.7. The van der Waals surface area contributed by atoms with Crippen LogP contribution in [0, 0.1) is 23.7 Å². The molecule has 5 heteroatoms. The van der Waals surface area contributed by atoms with Crippen LogP contribution in [-0.2, 0) is 9.78 Å². The standard InChI is InChI=1S/C34H26O5/c1-34(2,3)39-38-33(36)30-23-19-28(20-24-30)16-14-26-11-9-25(10-12-26)13-15-27-17-21-29(22-18-27)32(35)37-31-7-5-4-6-8-31/h4-12,17-24H,1-3H3. The van der Waals surface area contributed by atoms with Crippen LogP contribution in [-0.4, -0.2) is 17.5 Å². The highest BCUT2D eigenvalue weighted by atomic mass is 17.2. The lowest BCUT2D eigenvalue weighted by atomic mass is 10.1. The maximum atomic E-state index is 12.3. The maximum Gasteiger partial charge on any atom is 0.373 e. The Morgan fingerprint density at radius 1 is 0.538 bits per heavy atom. The third kappa shape index (κ3) is 8.47. The van der Waals surface area contributed by atoms with Crippen molar-refractivity contribution in [3.63, 3.8) is 0 Å². The van der Waals surface area contributed by atoms with Crippen LogP contribution in [0.3, 0.4) is 0 Å². The summed E-state index contributed by atoms with van der Waals surface area (Å²) in [6.07, 6.45) is 0. The molecule has 5 nitrogen and oxygen atoms in total. The highest BCUT2D eigenvalue weighted by Crippen LogP contribution is 2.13. The van der Waals surface area contributed by atoms with Crippen LogP contribution < -0.4 is 4.74 Å². The second-order valence-electron chi connectivity index (χ2n) is 9.50. The van der Waals surface area contributed by atoms with Crippen molar-refractivity contribution in [2.75, 3.05) is 0 Å². The van der Waals surface area contributed by atoms with Crippen LogP contribution in [0.15, 0.2) is 103 Å². The van der Waals surface area contributed by atoms with Crippen molar-refractivity contribution < 1.29 is 24.1 Å². The van der Waals surface area contributed by atoms with E-state index in [0.717, 1.165) is 22.3 Å². The number of rotatable bonds is 4. The van der Waals surface area contributed by atoms with Gasteiger partial charge in [0.05, 0.1) is 11.1 Å². The fourth-order valence-corrected chi connectivity index (χ4v) is 3.17. The topological polar surface area (TPSA) is 61.8 Å². The summed E-state index contributed by atoms with van der Waals surface area (Å²) in [4.78, 5) is 34.2. The van der Waals surface area contributed by atoms with Crippen LogP contribution in [0.1, 0.15) is 63.7 Å². The SMILES string of the molecule is CC(C)(C)OOC(=O)c1ccc(C#Cc2ccc(C#Cc3ccc(C(=O)Oc4ccccc4)cc3)cc2)cc1. The Bertz CT molecular complexity index is 1550. The zero-order valence-corrected chi connectivity index (χ0v) is 21.9. The fraction of sp³-hybridized carbons (Fsp3) is 0.118. The van der Waals surface area contributed by atoms with Gasteiger partial charge in [0.1, 0.15) is 11.4 Å². The average Bonchev–Trinajstić information content (AvgIpc) is 2.95. The van der Waals surface area contributed by atoms with Gasteiger partial charge in [-0.25, -0.2) is 9.59 Å². The predicted octanol–water partition coefficient (Wildman–Crippen LogP) is 6.59. The van der Waals surface area contributed by atoms with E-state index in [9.17, 15) is 9.59 Å². The molecule has 0 aliphatic carbocycles. The second-order valence-corrected chi connectivity index (χ2v) is 9.50. The first-order chi connectivity index (χ1) is 18.7. The van der Waals surface area contributed by atoms with Gasteiger partial charge in [0.2, 0.25) is 0 Å². The minimum Gasteiger partial charge on any atom is -0.423 e. The molecule has 4 rings (SSSR count). The lowest BCUT2D eigenvalue weighted by molar-refractivity contribution is -0.301. The molecule has 0 unspecified atom stereocenters. The summed E-state index contributed by atoms with van der Waals surface area (Å²) in [5.41, 5.74) is 3.49. The number of hydrogen-bond donors (Lipinski definition) is 0. The maximum absolute atomic E-state index is 12.3. The van der Waals surface area contributed by atoms with Crippen molar-refractivity contribution in [2.24, 2.45) is 0 Å². The summed E-state index contributed by atoms with van der Waals surface area (Å²) in [6.45, 7) is 5.39. The summed E-state index contributed by atoms with van der Waals surface area (Å²) >= 11 is 0. The van der Waals surface area contributed by atoms with E-state index in [-0.39, 0.29) is 0 Å². The molecule has 0 bridgehead atoms. The quantitative estimate of drug-likeness (QED) is 0.101. The Morgan fingerprint density at radius 2 is 0.923 bits per heavy atom. The molecule has 0 aliphatic rings. The number of benzene rings is 4. The molecule has 192 valence electrons. The number of para-hydroxylation sites is 1. The summed E-state index contributed by atoms with van der Waals surface area (Å²) in [6, 6.07) is 30.3. The van der Waals surface area contributed by atoms with Crippen molar-refractivity contribution in [3.8, 4) is 29.4 Å². The van der Waals surface area contributed by atoms with Crippen LogP contribution in [0.2, 0.25) is 0 Å². The van der Waals surface area contributed by atoms with Crippen LogP contribution >= 0.6 is 0 Å². The largest absolute Gasteiger partial charge is 0.423 e. The fourth-order valence-electron chi connectivity index (χ4n) is 3.17. The third-order valence-corrected chi connectivity index (χ3v) is 5.15. The molecule has 0 N–H and O–H groups in total. The molecule has 0 saturated heterocycles. The summed E-state index contributed by atoms with van der Waals surface area (Å²) < 4.78 is 5.35. The Balaban J connectivity index is 1.33. The zero-order valence-electron chi connectivity index (χ0n) is 21.9. The molecule has 39 heavy (non-hydrogen) atoms. The van der Waals surface area contributed by atoms with Crippen molar-refractivity contribution >= 4 is 11.9 Å². The summed E-state index contributed by atoms with van der Waals surface area (Å²) in [7, 11) is 0. The number of hydrogen-bond acceptors (Lipinski definition) is 5. The summed E-state index contributed by atoms with van der Waals surface area (Å²) in [5, 5.41) is 0. The molecular weight excluding hydrogens is 488 g/mol. The van der Waals surface area contributed by atoms with E-state index < -0.39 is 17.5 Å². The van der Waals surface area contributed by atoms with Crippen molar-refractivity contribution in [3.05, 3.63) is 137 Å². The third-order valence-electron chi connectivity index (χ3n) is 5.15. The number of carbonyl (C=O) groups is 2. The average molecular weight is 515 g/mol. The van der Waals surface area contributed by atoms with Gasteiger partial charge in [-0.05, 0) is 106 Å². The first kappa shape index (κ1) is 26.9. The first-order valence-electron chi connectivity index (χ1n) is 12.3. The molecule has 0 amide bonds. The van der Waals surface area contributed by atoms with Crippen molar-refractivity contribution in [1.82, 2.24) is 0 Å². The number of esters is 1. The lowest BCUT2D eigenvalue weighted by Gasteiger charge is -2.16. The molecule has 0 radical (unpaired) electrons. The van der Waals surface area contributed by atoms with Crippen LogP contribution in [0.5, 0.6) is 5.75 Å². The first-order valence-corrected chi connectivity index (χ1v) is 12.3. The minimum atomic E-state index is -0.575. The van der Waals surface area contributed by atoms with Gasteiger partial charge in [-0.3, -0.25) is 4.89 Å². The predicted molar refractivity (Wildman–Crippen MR) is 149 cm³/mol. The van der Waals surface area contributed by atoms with Gasteiger partial charge in [0, 0.05) is 22.3 Å². The van der Waals surface area contributed by atoms with Crippen LogP contribution in [0.4, 0.5) is 0 Å². The van der Waals surface area contributed by atoms with Crippen LogP contribution in [0.25, 0.3) is 0 Å². The van der Waals surface area contributed by atoms with E-state index in [2.05, 4.69) is 23.7 Å². The number of carbonyl (C=O) groups excluding carboxylic acids is 2. The van der Waals surface area contributed by atoms with E-state index in [1.54, 1.807) is 81.4 Å². The Kier molecular flexibility index (Phi) is 8.59. The molecular formula is C34H26O5. The number of ether oxygens (including phenoxy) is 1. The Labute approximate surface area is 228 Å². The summed E-state index contributed by atoms with van der Waals surface area (Å²) in [5.74, 6) is 11.9. The highest BCUT2D eigenvalue weighted by Gasteiger charge is 2.16. The lowest BCUT2D eigenvalue weighted by Crippen LogP contribution is -2.21. The molecule has 0 heterocycles. The molecule has 0 aliphatic heterocycles. The van der Waals surface area contributed by atoms with Gasteiger partial charge in [-0.2, -0.15) is 4.89 Å². The van der Waals surface area contributed by atoms with Gasteiger partial charge >= 0.3 is 11.9 Å². The minimum absolute atomic E-state index is 0.384. The Morgan fingerprint density at radius 3 is 1.33 bits per heavy atom. The Hall–Kier alpha value is -5.10. The molecule has 0 atom stereocenters. The normalized spacial score (nSPS) is 10.3. The van der Waals surface area contributed by atoms with Gasteiger partial charge in [0.15, 0.2) is 0 Å². The smallest absolute Gasteiger partial charge is 0.373 e. The molecule has 0 saturated carbocycles. The van der Waals surface area contributed by atoms with Gasteiger partial charge < -0.3 is 4.74 Å².